The molecule has 0 aliphatic carbocycles. The summed E-state index contributed by atoms with van der Waals surface area (Å²) in [6.07, 6.45) is 0. The van der Waals surface area contributed by atoms with E-state index in [0.717, 1.165) is 44.0 Å². The van der Waals surface area contributed by atoms with Gasteiger partial charge in [-0.3, -0.25) is 19.8 Å². The molecular weight excluding hydrogens is 370 g/mol. The van der Waals surface area contributed by atoms with Crippen LogP contribution < -0.4 is 5.32 Å². The Balaban J connectivity index is 1.70. The third kappa shape index (κ3) is 5.03. The van der Waals surface area contributed by atoms with Crippen LogP contribution in [0.1, 0.15) is 21.5 Å². The number of amides is 1. The van der Waals surface area contributed by atoms with Gasteiger partial charge in [0.15, 0.2) is 0 Å². The second-order valence-electron chi connectivity index (χ2n) is 6.26. The summed E-state index contributed by atoms with van der Waals surface area (Å²) in [6.45, 7) is 4.25. The summed E-state index contributed by atoms with van der Waals surface area (Å²) in [5.41, 5.74) is 1.79. The van der Waals surface area contributed by atoms with Crippen molar-refractivity contribution in [3.8, 4) is 0 Å². The van der Waals surface area contributed by atoms with Gasteiger partial charge in [-0.2, -0.15) is 0 Å². The zero-order valence-corrected chi connectivity index (χ0v) is 15.4. The molecule has 0 radical (unpaired) electrons. The SMILES string of the molecule is O=C(NCc1ccccc1CN1CCOCC1)c1ccc(Cl)cc1[N+](=O)[O-]. The summed E-state index contributed by atoms with van der Waals surface area (Å²) in [6, 6.07) is 11.9. The van der Waals surface area contributed by atoms with E-state index < -0.39 is 10.8 Å². The Morgan fingerprint density at radius 2 is 1.89 bits per heavy atom. The molecule has 3 rings (SSSR count). The zero-order chi connectivity index (χ0) is 19.2. The van der Waals surface area contributed by atoms with Crippen LogP contribution in [-0.2, 0) is 17.8 Å². The Labute approximate surface area is 162 Å². The molecule has 0 saturated carbocycles. The third-order valence-corrected chi connectivity index (χ3v) is 4.69. The highest BCUT2D eigenvalue weighted by Gasteiger charge is 2.21. The fourth-order valence-electron chi connectivity index (χ4n) is 3.00. The first-order chi connectivity index (χ1) is 13.0. The van der Waals surface area contributed by atoms with Gasteiger partial charge in [0.2, 0.25) is 0 Å². The number of nitro benzene ring substituents is 1. The van der Waals surface area contributed by atoms with Crippen molar-refractivity contribution in [2.75, 3.05) is 26.3 Å². The molecule has 1 fully saturated rings. The van der Waals surface area contributed by atoms with E-state index >= 15 is 0 Å². The van der Waals surface area contributed by atoms with Gasteiger partial charge in [-0.25, -0.2) is 0 Å². The molecule has 1 aliphatic rings. The Hall–Kier alpha value is -2.48. The Morgan fingerprint density at radius 3 is 2.59 bits per heavy atom. The van der Waals surface area contributed by atoms with Gasteiger partial charge < -0.3 is 10.1 Å². The molecule has 142 valence electrons. The van der Waals surface area contributed by atoms with Gasteiger partial charge in [0.1, 0.15) is 5.56 Å². The quantitative estimate of drug-likeness (QED) is 0.606. The number of benzene rings is 2. The number of nitro groups is 1. The minimum absolute atomic E-state index is 0.00457. The number of hydrogen-bond donors (Lipinski definition) is 1. The number of nitrogens with zero attached hydrogens (tertiary/aromatic N) is 2. The van der Waals surface area contributed by atoms with Gasteiger partial charge in [-0.15, -0.1) is 0 Å². The number of carbonyl (C=O) groups excluding carboxylic acids is 1. The van der Waals surface area contributed by atoms with E-state index in [9.17, 15) is 14.9 Å². The van der Waals surface area contributed by atoms with Gasteiger partial charge in [0, 0.05) is 37.3 Å². The van der Waals surface area contributed by atoms with Crippen LogP contribution in [0.25, 0.3) is 0 Å². The molecular formula is C19H20ClN3O4. The maximum absolute atomic E-state index is 12.5. The number of nitrogens with one attached hydrogen (secondary N) is 1. The van der Waals surface area contributed by atoms with E-state index in [0.29, 0.717) is 6.54 Å². The first kappa shape index (κ1) is 19.3. The van der Waals surface area contributed by atoms with Gasteiger partial charge in [-0.05, 0) is 23.3 Å². The predicted octanol–water partition coefficient (Wildman–Crippen LogP) is 3.01. The minimum Gasteiger partial charge on any atom is -0.379 e. The highest BCUT2D eigenvalue weighted by atomic mass is 35.5. The lowest BCUT2D eigenvalue weighted by Gasteiger charge is -2.27. The van der Waals surface area contributed by atoms with Crippen molar-refractivity contribution in [1.82, 2.24) is 10.2 Å². The van der Waals surface area contributed by atoms with E-state index in [1.54, 1.807) is 0 Å². The molecule has 0 spiro atoms. The van der Waals surface area contributed by atoms with Crippen LogP contribution in [0.4, 0.5) is 5.69 Å². The second kappa shape index (κ2) is 8.94. The Morgan fingerprint density at radius 1 is 1.19 bits per heavy atom. The van der Waals surface area contributed by atoms with Crippen LogP contribution in [0.5, 0.6) is 0 Å². The van der Waals surface area contributed by atoms with Crippen LogP contribution in [0.2, 0.25) is 5.02 Å². The molecule has 2 aromatic carbocycles. The second-order valence-corrected chi connectivity index (χ2v) is 6.69. The number of carbonyl (C=O) groups is 1. The molecule has 1 N–H and O–H groups in total. The third-order valence-electron chi connectivity index (χ3n) is 4.46. The van der Waals surface area contributed by atoms with Crippen molar-refractivity contribution in [3.05, 3.63) is 74.3 Å². The maximum atomic E-state index is 12.5. The molecule has 1 aliphatic heterocycles. The Bertz CT molecular complexity index is 837. The van der Waals surface area contributed by atoms with Gasteiger partial charge in [0.05, 0.1) is 18.1 Å². The summed E-state index contributed by atoms with van der Waals surface area (Å²) >= 11 is 5.80. The number of rotatable bonds is 6. The van der Waals surface area contributed by atoms with Crippen molar-refractivity contribution in [1.29, 1.82) is 0 Å². The van der Waals surface area contributed by atoms with Crippen LogP contribution in [0.3, 0.4) is 0 Å². The normalized spacial score (nSPS) is 14.7. The fraction of sp³-hybridized carbons (Fsp3) is 0.316. The van der Waals surface area contributed by atoms with Crippen molar-refractivity contribution in [2.45, 2.75) is 13.1 Å². The summed E-state index contributed by atoms with van der Waals surface area (Å²) in [4.78, 5) is 25.3. The monoisotopic (exact) mass is 389 g/mol. The largest absolute Gasteiger partial charge is 0.379 e. The van der Waals surface area contributed by atoms with Gasteiger partial charge >= 0.3 is 0 Å². The van der Waals surface area contributed by atoms with Crippen molar-refractivity contribution < 1.29 is 14.5 Å². The van der Waals surface area contributed by atoms with Crippen molar-refractivity contribution in [3.63, 3.8) is 0 Å². The van der Waals surface area contributed by atoms with E-state index in [2.05, 4.69) is 10.2 Å². The first-order valence-electron chi connectivity index (χ1n) is 8.63. The van der Waals surface area contributed by atoms with Crippen LogP contribution in [0.15, 0.2) is 42.5 Å². The van der Waals surface area contributed by atoms with Crippen LogP contribution in [-0.4, -0.2) is 42.0 Å². The molecule has 1 heterocycles. The summed E-state index contributed by atoms with van der Waals surface area (Å²) in [5.74, 6) is -0.500. The summed E-state index contributed by atoms with van der Waals surface area (Å²) in [7, 11) is 0. The molecule has 0 bridgehead atoms. The van der Waals surface area contributed by atoms with Gasteiger partial charge in [0.25, 0.3) is 11.6 Å². The molecule has 8 heteroatoms. The average Bonchev–Trinajstić information content (AvgIpc) is 2.67. The van der Waals surface area contributed by atoms with E-state index in [1.807, 2.05) is 24.3 Å². The summed E-state index contributed by atoms with van der Waals surface area (Å²) < 4.78 is 5.37. The van der Waals surface area contributed by atoms with Crippen molar-refractivity contribution >= 4 is 23.2 Å². The smallest absolute Gasteiger partial charge is 0.283 e. The predicted molar refractivity (Wildman–Crippen MR) is 102 cm³/mol. The fourth-order valence-corrected chi connectivity index (χ4v) is 3.17. The molecule has 1 amide bonds. The van der Waals surface area contributed by atoms with Gasteiger partial charge in [-0.1, -0.05) is 35.9 Å². The van der Waals surface area contributed by atoms with Crippen LogP contribution >= 0.6 is 11.6 Å². The lowest BCUT2D eigenvalue weighted by atomic mass is 10.1. The van der Waals surface area contributed by atoms with E-state index in [-0.39, 0.29) is 16.3 Å². The zero-order valence-electron chi connectivity index (χ0n) is 14.7. The number of morpholine rings is 1. The van der Waals surface area contributed by atoms with E-state index in [1.165, 1.54) is 18.2 Å². The maximum Gasteiger partial charge on any atom is 0.283 e. The molecule has 2 aromatic rings. The first-order valence-corrected chi connectivity index (χ1v) is 9.01. The highest BCUT2D eigenvalue weighted by Crippen LogP contribution is 2.23. The molecule has 7 nitrogen and oxygen atoms in total. The van der Waals surface area contributed by atoms with E-state index in [4.69, 9.17) is 16.3 Å². The number of ether oxygens (including phenoxy) is 1. The standard InChI is InChI=1S/C19H20ClN3O4/c20-16-5-6-17(18(11-16)23(25)26)19(24)21-12-14-3-1-2-4-15(14)13-22-7-9-27-10-8-22/h1-6,11H,7-10,12-13H2,(H,21,24). The lowest BCUT2D eigenvalue weighted by molar-refractivity contribution is -0.385. The van der Waals surface area contributed by atoms with Crippen molar-refractivity contribution in [2.24, 2.45) is 0 Å². The average molecular weight is 390 g/mol. The molecule has 1 saturated heterocycles. The summed E-state index contributed by atoms with van der Waals surface area (Å²) in [5, 5.41) is 14.2. The minimum atomic E-state index is -0.604. The topological polar surface area (TPSA) is 84.7 Å². The molecule has 0 atom stereocenters. The number of halogens is 1. The highest BCUT2D eigenvalue weighted by molar-refractivity contribution is 6.31. The number of hydrogen-bond acceptors (Lipinski definition) is 5. The Kier molecular flexibility index (Phi) is 6.39. The molecule has 0 unspecified atom stereocenters. The lowest BCUT2D eigenvalue weighted by Crippen LogP contribution is -2.36. The molecule has 0 aromatic heterocycles. The molecule has 27 heavy (non-hydrogen) atoms. The van der Waals surface area contributed by atoms with Crippen LogP contribution in [0, 0.1) is 10.1 Å².